The second-order valence-electron chi connectivity index (χ2n) is 10.7. The summed E-state index contributed by atoms with van der Waals surface area (Å²) in [6.07, 6.45) is 13.2. The molecule has 1 aliphatic carbocycles. The molecule has 1 amide bonds. The molecular weight excluding hydrogens is 506 g/mol. The maximum atomic E-state index is 12.5. The van der Waals surface area contributed by atoms with Gasteiger partial charge in [-0.25, -0.2) is 9.59 Å². The van der Waals surface area contributed by atoms with Crippen LogP contribution in [0, 0.1) is 0 Å². The average molecular weight is 552 g/mol. The van der Waals surface area contributed by atoms with Crippen LogP contribution < -0.4 is 5.32 Å². The van der Waals surface area contributed by atoms with Crippen molar-refractivity contribution in [1.82, 2.24) is 5.32 Å². The number of carboxylic acids is 1. The predicted octanol–water partition coefficient (Wildman–Crippen LogP) is 7.61. The monoisotopic (exact) mass is 551 g/mol. The lowest BCUT2D eigenvalue weighted by molar-refractivity contribution is -0.149. The molecule has 1 atom stereocenters. The fraction of sp³-hybridized carbons (Fsp3) is 0.545. The van der Waals surface area contributed by atoms with Crippen LogP contribution >= 0.6 is 0 Å². The first kappa shape index (κ1) is 31.2. The molecule has 0 fully saturated rings. The predicted molar refractivity (Wildman–Crippen MR) is 156 cm³/mol. The number of hydrogen-bond donors (Lipinski definition) is 2. The third-order valence-electron chi connectivity index (χ3n) is 7.57. The molecule has 0 saturated carbocycles. The number of esters is 1. The van der Waals surface area contributed by atoms with Crippen molar-refractivity contribution in [3.8, 4) is 11.1 Å². The Morgan fingerprint density at radius 1 is 0.750 bits per heavy atom. The van der Waals surface area contributed by atoms with Crippen molar-refractivity contribution in [3.63, 3.8) is 0 Å². The van der Waals surface area contributed by atoms with E-state index in [0.717, 1.165) is 41.5 Å². The van der Waals surface area contributed by atoms with Crippen LogP contribution in [-0.2, 0) is 19.1 Å². The van der Waals surface area contributed by atoms with Gasteiger partial charge in [0.05, 0.1) is 13.0 Å². The van der Waals surface area contributed by atoms with Gasteiger partial charge in [-0.1, -0.05) is 126 Å². The van der Waals surface area contributed by atoms with Gasteiger partial charge in [-0.2, -0.15) is 0 Å². The van der Waals surface area contributed by atoms with Crippen LogP contribution in [0.15, 0.2) is 48.5 Å². The summed E-state index contributed by atoms with van der Waals surface area (Å²) >= 11 is 0. The van der Waals surface area contributed by atoms with E-state index in [4.69, 9.17) is 9.47 Å². The summed E-state index contributed by atoms with van der Waals surface area (Å²) < 4.78 is 10.6. The lowest BCUT2D eigenvalue weighted by Gasteiger charge is -2.17. The minimum atomic E-state index is -1.41. The zero-order chi connectivity index (χ0) is 28.6. The molecule has 0 saturated heterocycles. The standard InChI is InChI=1S/C33H45NO6/c1-2-3-4-5-6-7-8-9-10-11-12-17-22-39-31(35)23-30(32(36)37)34-33(38)40-24-29-27-20-15-13-18-25(27)26-19-14-16-21-28(26)29/h13-16,18-21,29-30H,2-12,17,22-24H2,1H3,(H,34,38)(H,36,37)/t30-/m0/s1. The number of hydrogen-bond acceptors (Lipinski definition) is 5. The zero-order valence-corrected chi connectivity index (χ0v) is 23.9. The number of unbranched alkanes of at least 4 members (excludes halogenated alkanes) is 11. The van der Waals surface area contributed by atoms with E-state index in [9.17, 15) is 19.5 Å². The normalized spacial score (nSPS) is 12.8. The summed E-state index contributed by atoms with van der Waals surface area (Å²) in [5.74, 6) is -2.09. The number of aliphatic carboxylic acids is 1. The van der Waals surface area contributed by atoms with Crippen molar-refractivity contribution in [2.75, 3.05) is 13.2 Å². The van der Waals surface area contributed by atoms with E-state index in [-0.39, 0.29) is 19.1 Å². The number of nitrogens with one attached hydrogen (secondary N) is 1. The molecule has 0 bridgehead atoms. The van der Waals surface area contributed by atoms with Crippen molar-refractivity contribution in [3.05, 3.63) is 59.7 Å². The molecule has 3 rings (SSSR count). The first-order valence-electron chi connectivity index (χ1n) is 15.0. The van der Waals surface area contributed by atoms with Crippen molar-refractivity contribution in [2.45, 2.75) is 102 Å². The molecule has 0 aromatic heterocycles. The molecule has 7 heteroatoms. The molecule has 0 aliphatic heterocycles. The third kappa shape index (κ3) is 10.00. The van der Waals surface area contributed by atoms with Gasteiger partial charge in [-0.3, -0.25) is 4.79 Å². The smallest absolute Gasteiger partial charge is 0.407 e. The van der Waals surface area contributed by atoms with Gasteiger partial charge in [0.2, 0.25) is 0 Å². The highest BCUT2D eigenvalue weighted by Gasteiger charge is 2.30. The topological polar surface area (TPSA) is 102 Å². The number of carbonyl (C=O) groups is 3. The van der Waals surface area contributed by atoms with Gasteiger partial charge in [0.25, 0.3) is 0 Å². The first-order chi connectivity index (χ1) is 19.5. The van der Waals surface area contributed by atoms with Crippen molar-refractivity contribution in [1.29, 1.82) is 0 Å². The van der Waals surface area contributed by atoms with Crippen LogP contribution in [0.4, 0.5) is 4.79 Å². The van der Waals surface area contributed by atoms with E-state index in [2.05, 4.69) is 12.2 Å². The highest BCUT2D eigenvalue weighted by atomic mass is 16.6. The van der Waals surface area contributed by atoms with Crippen molar-refractivity contribution >= 4 is 18.0 Å². The molecule has 0 unspecified atom stereocenters. The number of ether oxygens (including phenoxy) is 2. The van der Waals surface area contributed by atoms with Gasteiger partial charge >= 0.3 is 18.0 Å². The quantitative estimate of drug-likeness (QED) is 0.138. The van der Waals surface area contributed by atoms with Crippen molar-refractivity contribution in [2.24, 2.45) is 0 Å². The number of carbonyl (C=O) groups excluding carboxylic acids is 2. The molecule has 7 nitrogen and oxygen atoms in total. The number of benzene rings is 2. The van der Waals surface area contributed by atoms with E-state index < -0.39 is 30.5 Å². The Morgan fingerprint density at radius 3 is 1.77 bits per heavy atom. The van der Waals surface area contributed by atoms with Gasteiger partial charge in [-0.15, -0.1) is 0 Å². The average Bonchev–Trinajstić information content (AvgIpc) is 3.27. The van der Waals surface area contributed by atoms with Gasteiger partial charge in [0.15, 0.2) is 0 Å². The second-order valence-corrected chi connectivity index (χ2v) is 10.7. The molecule has 40 heavy (non-hydrogen) atoms. The van der Waals surface area contributed by atoms with Crippen LogP contribution in [0.3, 0.4) is 0 Å². The fourth-order valence-electron chi connectivity index (χ4n) is 5.34. The van der Waals surface area contributed by atoms with E-state index in [0.29, 0.717) is 0 Å². The molecule has 0 radical (unpaired) electrons. The maximum absolute atomic E-state index is 12.5. The Hall–Kier alpha value is -3.35. The molecule has 2 aromatic carbocycles. The Morgan fingerprint density at radius 2 is 1.25 bits per heavy atom. The molecule has 0 heterocycles. The van der Waals surface area contributed by atoms with Gasteiger partial charge in [-0.05, 0) is 28.7 Å². The maximum Gasteiger partial charge on any atom is 0.407 e. The Labute approximate surface area is 238 Å². The minimum Gasteiger partial charge on any atom is -0.480 e. The second kappa shape index (κ2) is 17.4. The van der Waals surface area contributed by atoms with E-state index in [1.165, 1.54) is 57.8 Å². The molecule has 2 aromatic rings. The van der Waals surface area contributed by atoms with Gasteiger partial charge < -0.3 is 19.9 Å². The van der Waals surface area contributed by atoms with Crippen LogP contribution in [-0.4, -0.2) is 42.4 Å². The number of carboxylic acid groups (broad SMARTS) is 1. The van der Waals surface area contributed by atoms with E-state index >= 15 is 0 Å². The number of rotatable bonds is 19. The zero-order valence-electron chi connectivity index (χ0n) is 23.9. The highest BCUT2D eigenvalue weighted by molar-refractivity contribution is 5.85. The van der Waals surface area contributed by atoms with Gasteiger partial charge in [0.1, 0.15) is 12.6 Å². The van der Waals surface area contributed by atoms with Crippen LogP contribution in [0.1, 0.15) is 107 Å². The van der Waals surface area contributed by atoms with Crippen LogP contribution in [0.25, 0.3) is 11.1 Å². The third-order valence-corrected chi connectivity index (χ3v) is 7.57. The van der Waals surface area contributed by atoms with E-state index in [1.807, 2.05) is 48.5 Å². The molecule has 2 N–H and O–H groups in total. The number of fused-ring (bicyclic) bond motifs is 3. The minimum absolute atomic E-state index is 0.0651. The first-order valence-corrected chi connectivity index (χ1v) is 15.0. The Kier molecular flexibility index (Phi) is 13.5. The fourth-order valence-corrected chi connectivity index (χ4v) is 5.34. The summed E-state index contributed by atoms with van der Waals surface area (Å²) in [6, 6.07) is 14.5. The lowest BCUT2D eigenvalue weighted by atomic mass is 9.98. The summed E-state index contributed by atoms with van der Waals surface area (Å²) in [4.78, 5) is 36.3. The Balaban J connectivity index is 1.30. The number of alkyl carbamates (subject to hydrolysis) is 1. The molecule has 0 spiro atoms. The Bertz CT molecular complexity index is 1040. The summed E-state index contributed by atoms with van der Waals surface area (Å²) in [5.41, 5.74) is 4.33. The summed E-state index contributed by atoms with van der Waals surface area (Å²) in [5, 5.41) is 11.8. The molecule has 218 valence electrons. The van der Waals surface area contributed by atoms with Gasteiger partial charge in [0, 0.05) is 5.92 Å². The van der Waals surface area contributed by atoms with E-state index in [1.54, 1.807) is 0 Å². The summed E-state index contributed by atoms with van der Waals surface area (Å²) in [7, 11) is 0. The largest absolute Gasteiger partial charge is 0.480 e. The van der Waals surface area contributed by atoms with Crippen LogP contribution in [0.5, 0.6) is 0 Å². The highest BCUT2D eigenvalue weighted by Crippen LogP contribution is 2.44. The SMILES string of the molecule is CCCCCCCCCCCCCCOC(=O)C[C@H](NC(=O)OCC1c2ccccc2-c2ccccc21)C(=O)O. The number of amides is 1. The summed E-state index contributed by atoms with van der Waals surface area (Å²) in [6.45, 7) is 2.56. The lowest BCUT2D eigenvalue weighted by Crippen LogP contribution is -2.43. The van der Waals surface area contributed by atoms with Crippen molar-refractivity contribution < 1.29 is 29.0 Å². The molecular formula is C33H45NO6. The van der Waals surface area contributed by atoms with Crippen LogP contribution in [0.2, 0.25) is 0 Å². The molecule has 1 aliphatic rings.